The highest BCUT2D eigenvalue weighted by molar-refractivity contribution is 5.74. The first-order chi connectivity index (χ1) is 5.79. The number of urea groups is 1. The second kappa shape index (κ2) is 4.27. The smallest absolute Gasteiger partial charge is 0.317 e. The number of hydrogen-bond acceptors (Lipinski definition) is 3. The normalized spacial score (nSPS) is 23.8. The summed E-state index contributed by atoms with van der Waals surface area (Å²) in [5.41, 5.74) is 5.48. The Bertz CT molecular complexity index is 163. The molecule has 1 heterocycles. The van der Waals surface area contributed by atoms with Crippen molar-refractivity contribution in [2.75, 3.05) is 33.4 Å². The maximum Gasteiger partial charge on any atom is 0.317 e. The van der Waals surface area contributed by atoms with Crippen molar-refractivity contribution in [3.05, 3.63) is 0 Å². The minimum Gasteiger partial charge on any atom is -0.377 e. The first-order valence-electron chi connectivity index (χ1n) is 4.05. The van der Waals surface area contributed by atoms with Crippen LogP contribution in [-0.4, -0.2) is 50.3 Å². The molecule has 0 bridgehead atoms. The van der Waals surface area contributed by atoms with Crippen molar-refractivity contribution >= 4 is 6.03 Å². The lowest BCUT2D eigenvalue weighted by Crippen LogP contribution is -2.54. The van der Waals surface area contributed by atoms with E-state index < -0.39 is 0 Å². The summed E-state index contributed by atoms with van der Waals surface area (Å²) in [7, 11) is 1.62. The lowest BCUT2D eigenvalue weighted by Gasteiger charge is -2.34. The van der Waals surface area contributed by atoms with Gasteiger partial charge in [0, 0.05) is 20.1 Å². The molecular formula is C7H15N3O2. The van der Waals surface area contributed by atoms with Crippen LogP contribution < -0.4 is 11.1 Å². The Morgan fingerprint density at radius 2 is 2.58 bits per heavy atom. The van der Waals surface area contributed by atoms with Crippen LogP contribution in [0.3, 0.4) is 0 Å². The fraction of sp³-hybridized carbons (Fsp3) is 0.857. The van der Waals surface area contributed by atoms with E-state index in [4.69, 9.17) is 10.5 Å². The van der Waals surface area contributed by atoms with Gasteiger partial charge in [0.25, 0.3) is 0 Å². The Morgan fingerprint density at radius 3 is 3.17 bits per heavy atom. The molecule has 70 valence electrons. The van der Waals surface area contributed by atoms with Gasteiger partial charge in [-0.1, -0.05) is 0 Å². The van der Waals surface area contributed by atoms with Crippen LogP contribution in [0.15, 0.2) is 0 Å². The lowest BCUT2D eigenvalue weighted by molar-refractivity contribution is 0.0161. The Morgan fingerprint density at radius 1 is 1.83 bits per heavy atom. The first kappa shape index (κ1) is 9.28. The molecule has 0 aromatic carbocycles. The van der Waals surface area contributed by atoms with Crippen LogP contribution in [0.5, 0.6) is 0 Å². The predicted molar refractivity (Wildman–Crippen MR) is 44.8 cm³/mol. The van der Waals surface area contributed by atoms with Gasteiger partial charge < -0.3 is 20.7 Å². The number of carbonyl (C=O) groups is 1. The zero-order chi connectivity index (χ0) is 8.97. The summed E-state index contributed by atoms with van der Waals surface area (Å²) in [6.45, 7) is 2.22. The molecule has 1 aliphatic heterocycles. The van der Waals surface area contributed by atoms with Gasteiger partial charge in [-0.3, -0.25) is 0 Å². The van der Waals surface area contributed by atoms with Crippen LogP contribution in [-0.2, 0) is 4.74 Å². The molecular weight excluding hydrogens is 158 g/mol. The van der Waals surface area contributed by atoms with Gasteiger partial charge in [0.05, 0.1) is 19.3 Å². The molecule has 0 spiro atoms. The molecule has 0 aliphatic carbocycles. The average molecular weight is 173 g/mol. The van der Waals surface area contributed by atoms with E-state index in [1.165, 1.54) is 0 Å². The maximum atomic E-state index is 11.2. The number of amides is 2. The molecule has 1 saturated heterocycles. The highest BCUT2D eigenvalue weighted by Crippen LogP contribution is 2.05. The van der Waals surface area contributed by atoms with Crippen molar-refractivity contribution < 1.29 is 9.53 Å². The summed E-state index contributed by atoms with van der Waals surface area (Å²) in [6, 6.07) is -0.0487. The summed E-state index contributed by atoms with van der Waals surface area (Å²) in [5.74, 6) is 0. The second-order valence-corrected chi connectivity index (χ2v) is 2.71. The van der Waals surface area contributed by atoms with E-state index in [1.54, 1.807) is 11.9 Å². The largest absolute Gasteiger partial charge is 0.377 e. The summed E-state index contributed by atoms with van der Waals surface area (Å²) in [6.07, 6.45) is 0. The minimum absolute atomic E-state index is 0.0266. The zero-order valence-electron chi connectivity index (χ0n) is 7.25. The average Bonchev–Trinajstić information content (AvgIpc) is 2.16. The zero-order valence-corrected chi connectivity index (χ0v) is 7.25. The Labute approximate surface area is 71.8 Å². The lowest BCUT2D eigenvalue weighted by atomic mass is 10.2. The van der Waals surface area contributed by atoms with E-state index >= 15 is 0 Å². The van der Waals surface area contributed by atoms with Crippen LogP contribution in [0.2, 0.25) is 0 Å². The van der Waals surface area contributed by atoms with Gasteiger partial charge in [-0.15, -0.1) is 0 Å². The van der Waals surface area contributed by atoms with Crippen molar-refractivity contribution in [2.24, 2.45) is 5.73 Å². The van der Waals surface area contributed by atoms with Gasteiger partial charge in [-0.2, -0.15) is 0 Å². The Hall–Kier alpha value is -0.810. The Kier molecular flexibility index (Phi) is 3.31. The number of nitrogens with two attached hydrogens (primary N) is 1. The topological polar surface area (TPSA) is 67.6 Å². The molecule has 1 aliphatic rings. The number of morpholine rings is 1. The molecule has 1 atom stereocenters. The van der Waals surface area contributed by atoms with Crippen molar-refractivity contribution in [1.82, 2.24) is 10.2 Å². The molecule has 5 heteroatoms. The van der Waals surface area contributed by atoms with Crippen molar-refractivity contribution in [1.29, 1.82) is 0 Å². The summed E-state index contributed by atoms with van der Waals surface area (Å²) < 4.78 is 5.20. The summed E-state index contributed by atoms with van der Waals surface area (Å²) in [5, 5.41) is 2.57. The van der Waals surface area contributed by atoms with Gasteiger partial charge in [0.15, 0.2) is 0 Å². The third-order valence-corrected chi connectivity index (χ3v) is 1.97. The molecule has 5 nitrogen and oxygen atoms in total. The van der Waals surface area contributed by atoms with Crippen LogP contribution in [0.4, 0.5) is 4.79 Å². The minimum atomic E-state index is -0.0752. The molecule has 12 heavy (non-hydrogen) atoms. The van der Waals surface area contributed by atoms with Gasteiger partial charge in [0.2, 0.25) is 0 Å². The van der Waals surface area contributed by atoms with E-state index in [0.717, 1.165) is 0 Å². The van der Waals surface area contributed by atoms with Crippen molar-refractivity contribution in [3.63, 3.8) is 0 Å². The fourth-order valence-corrected chi connectivity index (χ4v) is 1.26. The van der Waals surface area contributed by atoms with Crippen LogP contribution in [0, 0.1) is 0 Å². The molecule has 0 radical (unpaired) electrons. The molecule has 1 rings (SSSR count). The maximum absolute atomic E-state index is 11.2. The third kappa shape index (κ3) is 1.86. The first-order valence-corrected chi connectivity index (χ1v) is 4.05. The highest BCUT2D eigenvalue weighted by Gasteiger charge is 2.24. The van der Waals surface area contributed by atoms with Crippen molar-refractivity contribution in [3.8, 4) is 0 Å². The number of nitrogens with one attached hydrogen (secondary N) is 1. The quantitative estimate of drug-likeness (QED) is 0.533. The van der Waals surface area contributed by atoms with E-state index in [1.807, 2.05) is 0 Å². The standard InChI is InChI=1S/C7H15N3O2/c1-9-7(11)10-2-3-12-5-6(10)4-8/h6H,2-5,8H2,1H3,(H,9,11). The second-order valence-electron chi connectivity index (χ2n) is 2.71. The predicted octanol–water partition coefficient (Wildman–Crippen LogP) is -1.01. The molecule has 0 aromatic heterocycles. The van der Waals surface area contributed by atoms with Crippen molar-refractivity contribution in [2.45, 2.75) is 6.04 Å². The summed E-state index contributed by atoms with van der Waals surface area (Å²) in [4.78, 5) is 13.0. The van der Waals surface area contributed by atoms with Crippen LogP contribution >= 0.6 is 0 Å². The van der Waals surface area contributed by atoms with Gasteiger partial charge in [0.1, 0.15) is 0 Å². The number of carbonyl (C=O) groups excluding carboxylic acids is 1. The van der Waals surface area contributed by atoms with E-state index in [2.05, 4.69) is 5.32 Å². The number of nitrogens with zero attached hydrogens (tertiary/aromatic N) is 1. The number of rotatable bonds is 1. The van der Waals surface area contributed by atoms with Crippen LogP contribution in [0.1, 0.15) is 0 Å². The third-order valence-electron chi connectivity index (χ3n) is 1.97. The number of hydrogen-bond donors (Lipinski definition) is 2. The van der Waals surface area contributed by atoms with E-state index in [9.17, 15) is 4.79 Å². The SMILES string of the molecule is CNC(=O)N1CCOCC1CN. The molecule has 1 unspecified atom stereocenters. The molecule has 0 aromatic rings. The van der Waals surface area contributed by atoms with E-state index in [-0.39, 0.29) is 12.1 Å². The fourth-order valence-electron chi connectivity index (χ4n) is 1.26. The number of ether oxygens (including phenoxy) is 1. The van der Waals surface area contributed by atoms with Gasteiger partial charge in [-0.05, 0) is 0 Å². The Balaban J connectivity index is 2.52. The highest BCUT2D eigenvalue weighted by atomic mass is 16.5. The van der Waals surface area contributed by atoms with Crippen LogP contribution in [0.25, 0.3) is 0 Å². The summed E-state index contributed by atoms with van der Waals surface area (Å²) >= 11 is 0. The van der Waals surface area contributed by atoms with Gasteiger partial charge in [-0.25, -0.2) is 4.79 Å². The molecule has 0 saturated carbocycles. The van der Waals surface area contributed by atoms with Gasteiger partial charge >= 0.3 is 6.03 Å². The molecule has 1 fully saturated rings. The monoisotopic (exact) mass is 173 g/mol. The van der Waals surface area contributed by atoms with E-state index in [0.29, 0.717) is 26.3 Å². The molecule has 3 N–H and O–H groups in total. The molecule has 2 amide bonds.